The molecular weight excluding hydrogens is 140 g/mol. The molecule has 1 fully saturated rings. The first-order valence-corrected chi connectivity index (χ1v) is 4.12. The Balaban J connectivity index is 2.46. The van der Waals surface area contributed by atoms with E-state index in [1.807, 2.05) is 6.92 Å². The van der Waals surface area contributed by atoms with E-state index >= 15 is 0 Å². The van der Waals surface area contributed by atoms with Crippen LogP contribution < -0.4 is 0 Å². The molecule has 0 saturated heterocycles. The summed E-state index contributed by atoms with van der Waals surface area (Å²) in [5.74, 6) is 0.211. The third-order valence-corrected chi connectivity index (χ3v) is 2.65. The summed E-state index contributed by atoms with van der Waals surface area (Å²) in [4.78, 5) is 21.0. The average molecular weight is 154 g/mol. The second-order valence-corrected chi connectivity index (χ2v) is 3.75. The summed E-state index contributed by atoms with van der Waals surface area (Å²) in [5.41, 5.74) is -0.139. The van der Waals surface area contributed by atoms with Crippen LogP contribution in [0, 0.1) is 11.3 Å². The van der Waals surface area contributed by atoms with Gasteiger partial charge in [-0.2, -0.15) is 0 Å². The largest absolute Gasteiger partial charge is 0.303 e. The van der Waals surface area contributed by atoms with Gasteiger partial charge in [0.05, 0.1) is 0 Å². The number of rotatable bonds is 2. The lowest BCUT2D eigenvalue weighted by Gasteiger charge is -2.30. The van der Waals surface area contributed by atoms with Gasteiger partial charge in [-0.05, 0) is 25.7 Å². The molecule has 0 aromatic rings. The molecule has 0 aromatic carbocycles. The van der Waals surface area contributed by atoms with Gasteiger partial charge in [0.25, 0.3) is 0 Å². The van der Waals surface area contributed by atoms with Crippen LogP contribution in [0.3, 0.4) is 0 Å². The summed E-state index contributed by atoms with van der Waals surface area (Å²) in [5, 5.41) is 0. The Morgan fingerprint density at radius 3 is 2.18 bits per heavy atom. The highest BCUT2D eigenvalue weighted by Crippen LogP contribution is 2.35. The highest BCUT2D eigenvalue weighted by molar-refractivity contribution is 5.60. The molecular formula is C9H14O2. The van der Waals surface area contributed by atoms with E-state index in [0.717, 1.165) is 38.3 Å². The van der Waals surface area contributed by atoms with E-state index in [-0.39, 0.29) is 11.3 Å². The standard InChI is InChI=1S/C9H14O2/c1-9(7-11)4-2-8(6-10)3-5-9/h6-8H,2-5H2,1H3. The van der Waals surface area contributed by atoms with Crippen LogP contribution in [0.4, 0.5) is 0 Å². The molecule has 0 N–H and O–H groups in total. The van der Waals surface area contributed by atoms with Crippen LogP contribution in [0.5, 0.6) is 0 Å². The molecule has 1 aliphatic carbocycles. The van der Waals surface area contributed by atoms with E-state index in [0.29, 0.717) is 0 Å². The zero-order valence-corrected chi connectivity index (χ0v) is 6.88. The number of carbonyl (C=O) groups excluding carboxylic acids is 2. The number of hydrogen-bond donors (Lipinski definition) is 0. The van der Waals surface area contributed by atoms with Crippen molar-refractivity contribution in [1.29, 1.82) is 0 Å². The Morgan fingerprint density at radius 2 is 1.82 bits per heavy atom. The van der Waals surface area contributed by atoms with Gasteiger partial charge in [0.2, 0.25) is 0 Å². The monoisotopic (exact) mass is 154 g/mol. The molecule has 62 valence electrons. The molecule has 0 radical (unpaired) electrons. The maximum absolute atomic E-state index is 10.6. The van der Waals surface area contributed by atoms with Gasteiger partial charge in [0.15, 0.2) is 0 Å². The summed E-state index contributed by atoms with van der Waals surface area (Å²) in [6.07, 6.45) is 5.58. The topological polar surface area (TPSA) is 34.1 Å². The molecule has 0 aromatic heterocycles. The second-order valence-electron chi connectivity index (χ2n) is 3.75. The predicted octanol–water partition coefficient (Wildman–Crippen LogP) is 1.58. The molecule has 1 saturated carbocycles. The van der Waals surface area contributed by atoms with Gasteiger partial charge in [-0.25, -0.2) is 0 Å². The maximum Gasteiger partial charge on any atom is 0.125 e. The molecule has 2 nitrogen and oxygen atoms in total. The third-order valence-electron chi connectivity index (χ3n) is 2.65. The molecule has 2 heteroatoms. The van der Waals surface area contributed by atoms with Crippen molar-refractivity contribution in [3.63, 3.8) is 0 Å². The van der Waals surface area contributed by atoms with E-state index in [1.165, 1.54) is 0 Å². The first kappa shape index (κ1) is 8.44. The summed E-state index contributed by atoms with van der Waals surface area (Å²) >= 11 is 0. The van der Waals surface area contributed by atoms with Crippen LogP contribution in [0.1, 0.15) is 32.6 Å². The van der Waals surface area contributed by atoms with E-state index < -0.39 is 0 Å². The molecule has 0 aliphatic heterocycles. The van der Waals surface area contributed by atoms with Crippen molar-refractivity contribution in [3.05, 3.63) is 0 Å². The van der Waals surface area contributed by atoms with E-state index in [2.05, 4.69) is 0 Å². The Hall–Kier alpha value is -0.660. The van der Waals surface area contributed by atoms with Crippen molar-refractivity contribution in [3.8, 4) is 0 Å². The fourth-order valence-corrected chi connectivity index (χ4v) is 1.55. The van der Waals surface area contributed by atoms with Crippen molar-refractivity contribution in [1.82, 2.24) is 0 Å². The Labute approximate surface area is 67.0 Å². The zero-order valence-electron chi connectivity index (χ0n) is 6.88. The lowest BCUT2D eigenvalue weighted by atomic mass is 9.73. The number of carbonyl (C=O) groups is 2. The first-order valence-electron chi connectivity index (χ1n) is 4.12. The molecule has 0 atom stereocenters. The quantitative estimate of drug-likeness (QED) is 0.566. The Kier molecular flexibility index (Phi) is 2.42. The van der Waals surface area contributed by atoms with Gasteiger partial charge in [0.1, 0.15) is 12.6 Å². The fraction of sp³-hybridized carbons (Fsp3) is 0.778. The minimum absolute atomic E-state index is 0.139. The molecule has 0 bridgehead atoms. The van der Waals surface area contributed by atoms with E-state index in [1.54, 1.807) is 0 Å². The lowest BCUT2D eigenvalue weighted by molar-refractivity contribution is -0.120. The van der Waals surface area contributed by atoms with Gasteiger partial charge in [-0.1, -0.05) is 6.92 Å². The number of hydrogen-bond acceptors (Lipinski definition) is 2. The van der Waals surface area contributed by atoms with Gasteiger partial charge in [-0.3, -0.25) is 0 Å². The van der Waals surface area contributed by atoms with Crippen molar-refractivity contribution in [2.24, 2.45) is 11.3 Å². The summed E-state index contributed by atoms with van der Waals surface area (Å²) < 4.78 is 0. The normalized spacial score (nSPS) is 38.1. The Bertz CT molecular complexity index is 155. The zero-order chi connectivity index (χ0) is 8.32. The molecule has 11 heavy (non-hydrogen) atoms. The van der Waals surface area contributed by atoms with Gasteiger partial charge >= 0.3 is 0 Å². The van der Waals surface area contributed by atoms with Crippen molar-refractivity contribution in [2.75, 3.05) is 0 Å². The Morgan fingerprint density at radius 1 is 1.27 bits per heavy atom. The molecule has 0 heterocycles. The van der Waals surface area contributed by atoms with E-state index in [9.17, 15) is 9.59 Å². The van der Waals surface area contributed by atoms with Crippen molar-refractivity contribution in [2.45, 2.75) is 32.6 Å². The molecule has 0 unspecified atom stereocenters. The molecule has 1 rings (SSSR count). The van der Waals surface area contributed by atoms with Crippen LogP contribution >= 0.6 is 0 Å². The summed E-state index contributed by atoms with van der Waals surface area (Å²) in [6.45, 7) is 1.97. The minimum atomic E-state index is -0.139. The highest BCUT2D eigenvalue weighted by atomic mass is 16.1. The summed E-state index contributed by atoms with van der Waals surface area (Å²) in [7, 11) is 0. The predicted molar refractivity (Wildman–Crippen MR) is 42.2 cm³/mol. The minimum Gasteiger partial charge on any atom is -0.303 e. The van der Waals surface area contributed by atoms with Crippen molar-refractivity contribution < 1.29 is 9.59 Å². The van der Waals surface area contributed by atoms with Crippen LogP contribution in [0.25, 0.3) is 0 Å². The first-order chi connectivity index (χ1) is 5.20. The fourth-order valence-electron chi connectivity index (χ4n) is 1.55. The van der Waals surface area contributed by atoms with Gasteiger partial charge in [-0.15, -0.1) is 0 Å². The van der Waals surface area contributed by atoms with Gasteiger partial charge in [0, 0.05) is 11.3 Å². The SMILES string of the molecule is CC1(C=O)CCC(C=O)CC1. The molecule has 1 aliphatic rings. The molecule has 0 amide bonds. The molecule has 0 spiro atoms. The second kappa shape index (κ2) is 3.16. The lowest BCUT2D eigenvalue weighted by Crippen LogP contribution is -2.26. The van der Waals surface area contributed by atoms with Crippen LogP contribution in [0.15, 0.2) is 0 Å². The van der Waals surface area contributed by atoms with Crippen LogP contribution in [-0.2, 0) is 9.59 Å². The van der Waals surface area contributed by atoms with Gasteiger partial charge < -0.3 is 9.59 Å². The van der Waals surface area contributed by atoms with Crippen molar-refractivity contribution >= 4 is 12.6 Å². The highest BCUT2D eigenvalue weighted by Gasteiger charge is 2.30. The average Bonchev–Trinajstić information content (AvgIpc) is 2.06. The smallest absolute Gasteiger partial charge is 0.125 e. The van der Waals surface area contributed by atoms with E-state index in [4.69, 9.17) is 0 Å². The summed E-state index contributed by atoms with van der Waals surface area (Å²) in [6, 6.07) is 0. The van der Waals surface area contributed by atoms with Crippen LogP contribution in [0.2, 0.25) is 0 Å². The third kappa shape index (κ3) is 1.88. The van der Waals surface area contributed by atoms with Crippen LogP contribution in [-0.4, -0.2) is 12.6 Å². The number of aldehydes is 2. The maximum atomic E-state index is 10.6.